The van der Waals surface area contributed by atoms with Crippen LogP contribution in [0.3, 0.4) is 0 Å². The van der Waals surface area contributed by atoms with Crippen LogP contribution in [0, 0.1) is 5.92 Å². The Bertz CT molecular complexity index is 532. The van der Waals surface area contributed by atoms with Crippen LogP contribution >= 0.6 is 22.0 Å². The topological polar surface area (TPSA) is 63.2 Å². The largest absolute Gasteiger partial charge is 0.352 e. The van der Waals surface area contributed by atoms with E-state index in [0.717, 1.165) is 24.2 Å². The van der Waals surface area contributed by atoms with Crippen LogP contribution in [0.1, 0.15) is 36.0 Å². The first kappa shape index (κ1) is 13.8. The van der Waals surface area contributed by atoms with Gasteiger partial charge >= 0.3 is 0 Å². The molecule has 1 heterocycles. The molecule has 4 nitrogen and oxygen atoms in total. The first-order valence-electron chi connectivity index (χ1n) is 5.78. The summed E-state index contributed by atoms with van der Waals surface area (Å²) in [6.07, 6.45) is 4.78. The summed E-state index contributed by atoms with van der Waals surface area (Å²) in [6, 6.07) is 1.32. The normalized spacial score (nSPS) is 16.9. The minimum absolute atomic E-state index is 0.00943. The lowest BCUT2D eigenvalue weighted by atomic mass is 10.1. The van der Waals surface area contributed by atoms with Gasteiger partial charge in [0.05, 0.1) is 5.56 Å². The molecule has 0 aromatic carbocycles. The van der Waals surface area contributed by atoms with Crippen LogP contribution in [0.5, 0.6) is 0 Å². The third-order valence-electron chi connectivity index (χ3n) is 3.10. The van der Waals surface area contributed by atoms with Gasteiger partial charge in [-0.25, -0.2) is 8.42 Å². The maximum Gasteiger partial charge on any atom is 0.270 e. The summed E-state index contributed by atoms with van der Waals surface area (Å²) < 4.78 is 22.2. The lowest BCUT2D eigenvalue weighted by Crippen LogP contribution is -2.27. The van der Waals surface area contributed by atoms with Crippen LogP contribution in [0.2, 0.25) is 0 Å². The molecule has 1 aromatic heterocycles. The van der Waals surface area contributed by atoms with Crippen molar-refractivity contribution in [2.75, 3.05) is 6.54 Å². The van der Waals surface area contributed by atoms with Gasteiger partial charge in [0, 0.05) is 22.6 Å². The van der Waals surface area contributed by atoms with Crippen LogP contribution in [0.15, 0.2) is 15.7 Å². The molecule has 0 spiro atoms. The Labute approximate surface area is 115 Å². The minimum atomic E-state index is -3.74. The summed E-state index contributed by atoms with van der Waals surface area (Å²) in [5.41, 5.74) is 0.359. The number of carbonyl (C=O) groups excluding carboxylic acids is 1. The first-order chi connectivity index (χ1) is 8.47. The Morgan fingerprint density at radius 1 is 1.44 bits per heavy atom. The molecule has 0 bridgehead atoms. The molecular formula is C11H14ClNO3S2. The first-order valence-corrected chi connectivity index (χ1v) is 8.97. The molecule has 1 saturated carbocycles. The summed E-state index contributed by atoms with van der Waals surface area (Å²) in [5, 5.41) is 4.35. The Kier molecular flexibility index (Phi) is 4.29. The summed E-state index contributed by atoms with van der Waals surface area (Å²) in [5.74, 6) is 0.327. The Balaban J connectivity index is 1.94. The van der Waals surface area contributed by atoms with Crippen molar-refractivity contribution in [3.63, 3.8) is 0 Å². The number of thiophene rings is 1. The number of carbonyl (C=O) groups is 1. The zero-order chi connectivity index (χ0) is 13.2. The van der Waals surface area contributed by atoms with Crippen molar-refractivity contribution in [3.8, 4) is 0 Å². The second-order valence-electron chi connectivity index (χ2n) is 4.45. The second-order valence-corrected chi connectivity index (χ2v) is 8.16. The number of hydrogen-bond acceptors (Lipinski definition) is 4. The quantitative estimate of drug-likeness (QED) is 0.870. The van der Waals surface area contributed by atoms with Gasteiger partial charge in [-0.3, -0.25) is 4.79 Å². The molecule has 0 radical (unpaired) electrons. The molecule has 1 amide bonds. The molecular weight excluding hydrogens is 294 g/mol. The third kappa shape index (κ3) is 3.46. The van der Waals surface area contributed by atoms with Crippen molar-refractivity contribution in [3.05, 3.63) is 17.0 Å². The van der Waals surface area contributed by atoms with E-state index in [0.29, 0.717) is 18.0 Å². The van der Waals surface area contributed by atoms with Crippen molar-refractivity contribution in [2.45, 2.75) is 29.9 Å². The summed E-state index contributed by atoms with van der Waals surface area (Å²) in [4.78, 5) is 11.8. The van der Waals surface area contributed by atoms with E-state index in [4.69, 9.17) is 10.7 Å². The zero-order valence-corrected chi connectivity index (χ0v) is 12.1. The van der Waals surface area contributed by atoms with Gasteiger partial charge in [-0.05, 0) is 24.8 Å². The molecule has 1 aliphatic carbocycles. The fourth-order valence-electron chi connectivity index (χ4n) is 2.12. The van der Waals surface area contributed by atoms with Gasteiger partial charge in [0.25, 0.3) is 15.0 Å². The van der Waals surface area contributed by atoms with Gasteiger partial charge in [-0.1, -0.05) is 12.8 Å². The Hall–Kier alpha value is -0.590. The van der Waals surface area contributed by atoms with E-state index in [2.05, 4.69) is 5.32 Å². The monoisotopic (exact) mass is 307 g/mol. The van der Waals surface area contributed by atoms with Gasteiger partial charge in [0.1, 0.15) is 4.21 Å². The number of hydrogen-bond donors (Lipinski definition) is 1. The van der Waals surface area contributed by atoms with Crippen LogP contribution in [-0.4, -0.2) is 20.9 Å². The van der Waals surface area contributed by atoms with Gasteiger partial charge in [0.15, 0.2) is 0 Å². The second kappa shape index (κ2) is 5.59. The van der Waals surface area contributed by atoms with E-state index >= 15 is 0 Å². The average Bonchev–Trinajstić information content (AvgIpc) is 2.96. The van der Waals surface area contributed by atoms with Crippen LogP contribution in [0.4, 0.5) is 0 Å². The van der Waals surface area contributed by atoms with Crippen LogP contribution < -0.4 is 5.32 Å². The van der Waals surface area contributed by atoms with Crippen molar-refractivity contribution >= 4 is 37.0 Å². The molecule has 1 fully saturated rings. The molecule has 0 aliphatic heterocycles. The highest BCUT2D eigenvalue weighted by molar-refractivity contribution is 8.15. The molecule has 100 valence electrons. The maximum atomic E-state index is 11.8. The highest BCUT2D eigenvalue weighted by atomic mass is 35.7. The molecule has 1 aliphatic rings. The average molecular weight is 308 g/mol. The van der Waals surface area contributed by atoms with E-state index in [-0.39, 0.29) is 10.1 Å². The van der Waals surface area contributed by atoms with Crippen molar-refractivity contribution in [1.29, 1.82) is 0 Å². The highest BCUT2D eigenvalue weighted by Crippen LogP contribution is 2.25. The summed E-state index contributed by atoms with van der Waals surface area (Å²) in [7, 11) is 1.47. The van der Waals surface area contributed by atoms with E-state index in [1.54, 1.807) is 0 Å². The molecule has 0 atom stereocenters. The summed E-state index contributed by atoms with van der Waals surface area (Å²) >= 11 is 0.962. The highest BCUT2D eigenvalue weighted by Gasteiger charge is 2.19. The SMILES string of the molecule is O=C(NCC1CCCC1)c1csc(S(=O)(=O)Cl)c1. The Morgan fingerprint density at radius 2 is 2.11 bits per heavy atom. The molecule has 0 saturated heterocycles. The molecule has 7 heteroatoms. The third-order valence-corrected chi connectivity index (χ3v) is 6.14. The molecule has 18 heavy (non-hydrogen) atoms. The number of halogens is 1. The maximum absolute atomic E-state index is 11.8. The standard InChI is InChI=1S/C11H14ClNO3S2/c12-18(15,16)10-5-9(7-17-10)11(14)13-6-8-3-1-2-4-8/h5,7-8H,1-4,6H2,(H,13,14). The van der Waals surface area contributed by atoms with Crippen molar-refractivity contribution < 1.29 is 13.2 Å². The molecule has 1 aromatic rings. The minimum Gasteiger partial charge on any atom is -0.352 e. The number of amides is 1. The molecule has 2 rings (SSSR count). The van der Waals surface area contributed by atoms with E-state index in [1.165, 1.54) is 24.3 Å². The van der Waals surface area contributed by atoms with E-state index in [1.807, 2.05) is 0 Å². The van der Waals surface area contributed by atoms with Crippen LogP contribution in [-0.2, 0) is 9.05 Å². The lowest BCUT2D eigenvalue weighted by molar-refractivity contribution is 0.0947. The predicted molar refractivity (Wildman–Crippen MR) is 71.6 cm³/mol. The number of nitrogens with one attached hydrogen (secondary N) is 1. The van der Waals surface area contributed by atoms with E-state index < -0.39 is 9.05 Å². The Morgan fingerprint density at radius 3 is 2.67 bits per heavy atom. The fourth-order valence-corrected chi connectivity index (χ4v) is 4.06. The van der Waals surface area contributed by atoms with Crippen molar-refractivity contribution in [2.24, 2.45) is 5.92 Å². The van der Waals surface area contributed by atoms with Gasteiger partial charge < -0.3 is 5.32 Å². The van der Waals surface area contributed by atoms with Gasteiger partial charge in [-0.15, -0.1) is 11.3 Å². The number of rotatable bonds is 4. The lowest BCUT2D eigenvalue weighted by Gasteiger charge is -2.09. The van der Waals surface area contributed by atoms with Gasteiger partial charge in [0.2, 0.25) is 0 Å². The van der Waals surface area contributed by atoms with Crippen LogP contribution in [0.25, 0.3) is 0 Å². The summed E-state index contributed by atoms with van der Waals surface area (Å²) in [6.45, 7) is 0.664. The predicted octanol–water partition coefficient (Wildman–Crippen LogP) is 2.60. The molecule has 0 unspecified atom stereocenters. The fraction of sp³-hybridized carbons (Fsp3) is 0.545. The van der Waals surface area contributed by atoms with E-state index in [9.17, 15) is 13.2 Å². The smallest absolute Gasteiger partial charge is 0.270 e. The van der Waals surface area contributed by atoms with Crippen molar-refractivity contribution in [1.82, 2.24) is 5.32 Å². The molecule has 1 N–H and O–H groups in total. The van der Waals surface area contributed by atoms with Gasteiger partial charge in [-0.2, -0.15) is 0 Å². The zero-order valence-electron chi connectivity index (χ0n) is 9.69.